The third kappa shape index (κ3) is 4.79. The van der Waals surface area contributed by atoms with Gasteiger partial charge in [0, 0.05) is 39.5 Å². The van der Waals surface area contributed by atoms with Crippen molar-refractivity contribution >= 4 is 45.9 Å². The Morgan fingerprint density at radius 2 is 1.96 bits per heavy atom. The van der Waals surface area contributed by atoms with Gasteiger partial charge in [0.2, 0.25) is 5.91 Å². The van der Waals surface area contributed by atoms with Crippen molar-refractivity contribution in [1.82, 2.24) is 4.98 Å². The maximum absolute atomic E-state index is 12.3. The molecular formula is C20H19ClN2O4S. The average molecular weight is 419 g/mol. The van der Waals surface area contributed by atoms with Crippen LogP contribution in [0.1, 0.15) is 5.69 Å². The van der Waals surface area contributed by atoms with Crippen molar-refractivity contribution in [1.29, 1.82) is 0 Å². The normalized spacial score (nSPS) is 10.7. The fraction of sp³-hybridized carbons (Fsp3) is 0.200. The largest absolute Gasteiger partial charge is 0.497 e. The fourth-order valence-corrected chi connectivity index (χ4v) is 3.61. The van der Waals surface area contributed by atoms with Crippen LogP contribution in [0.3, 0.4) is 0 Å². The van der Waals surface area contributed by atoms with Crippen molar-refractivity contribution in [2.45, 2.75) is 5.75 Å². The number of benzene rings is 2. The molecule has 2 aromatic carbocycles. The number of nitrogens with one attached hydrogen (secondary N) is 2. The van der Waals surface area contributed by atoms with Gasteiger partial charge in [0.1, 0.15) is 11.5 Å². The molecule has 0 fully saturated rings. The van der Waals surface area contributed by atoms with Crippen molar-refractivity contribution in [2.24, 2.45) is 0 Å². The molecule has 0 aliphatic rings. The maximum Gasteiger partial charge on any atom is 0.234 e. The van der Waals surface area contributed by atoms with E-state index in [9.17, 15) is 9.59 Å². The summed E-state index contributed by atoms with van der Waals surface area (Å²) in [6.45, 7) is 0. The number of anilines is 1. The van der Waals surface area contributed by atoms with Crippen LogP contribution in [0.4, 0.5) is 5.69 Å². The molecule has 8 heteroatoms. The first-order valence-corrected chi connectivity index (χ1v) is 9.94. The maximum atomic E-state index is 12.3. The summed E-state index contributed by atoms with van der Waals surface area (Å²) in [7, 11) is 3.09. The minimum atomic E-state index is -0.175. The Morgan fingerprint density at radius 1 is 1.14 bits per heavy atom. The Kier molecular flexibility index (Phi) is 6.49. The lowest BCUT2D eigenvalue weighted by Gasteiger charge is -2.11. The summed E-state index contributed by atoms with van der Waals surface area (Å²) in [6, 6.07) is 11.9. The van der Waals surface area contributed by atoms with Crippen LogP contribution in [0.2, 0.25) is 5.02 Å². The molecule has 0 spiro atoms. The van der Waals surface area contributed by atoms with Crippen LogP contribution in [0.5, 0.6) is 11.5 Å². The number of halogens is 1. The van der Waals surface area contributed by atoms with Crippen molar-refractivity contribution in [2.75, 3.05) is 25.3 Å². The molecule has 3 rings (SSSR count). The molecule has 0 bridgehead atoms. The van der Waals surface area contributed by atoms with Gasteiger partial charge in [-0.1, -0.05) is 11.6 Å². The van der Waals surface area contributed by atoms with Gasteiger partial charge in [0.25, 0.3) is 0 Å². The van der Waals surface area contributed by atoms with Gasteiger partial charge in [0.15, 0.2) is 5.43 Å². The van der Waals surface area contributed by atoms with Crippen LogP contribution >= 0.6 is 23.4 Å². The number of pyridine rings is 1. The first-order valence-electron chi connectivity index (χ1n) is 8.41. The SMILES string of the molecule is COc1ccc(OC)c(NC(=O)CSCc2cc(=O)c3cc(Cl)ccc3[nH]2)c1. The third-order valence-electron chi connectivity index (χ3n) is 4.02. The quantitative estimate of drug-likeness (QED) is 0.604. The first kappa shape index (κ1) is 20.1. The molecule has 1 heterocycles. The van der Waals surface area contributed by atoms with Crippen LogP contribution in [0.25, 0.3) is 10.9 Å². The van der Waals surface area contributed by atoms with Gasteiger partial charge in [-0.2, -0.15) is 0 Å². The van der Waals surface area contributed by atoms with Crippen LogP contribution < -0.4 is 20.2 Å². The number of hydrogen-bond acceptors (Lipinski definition) is 5. The monoisotopic (exact) mass is 418 g/mol. The van der Waals surface area contributed by atoms with E-state index in [1.165, 1.54) is 24.9 Å². The molecule has 0 radical (unpaired) electrons. The number of ether oxygens (including phenoxy) is 2. The van der Waals surface area contributed by atoms with Gasteiger partial charge >= 0.3 is 0 Å². The zero-order valence-corrected chi connectivity index (χ0v) is 16.9. The summed E-state index contributed by atoms with van der Waals surface area (Å²) in [5.74, 6) is 1.72. The van der Waals surface area contributed by atoms with Gasteiger partial charge in [-0.15, -0.1) is 11.8 Å². The summed E-state index contributed by atoms with van der Waals surface area (Å²) in [6.07, 6.45) is 0. The Balaban J connectivity index is 1.62. The van der Waals surface area contributed by atoms with E-state index >= 15 is 0 Å². The van der Waals surface area contributed by atoms with Crippen LogP contribution in [0.15, 0.2) is 47.3 Å². The molecule has 3 aromatic rings. The van der Waals surface area contributed by atoms with Gasteiger partial charge in [-0.3, -0.25) is 9.59 Å². The number of carbonyl (C=O) groups is 1. The van der Waals surface area contributed by atoms with Crippen molar-refractivity contribution < 1.29 is 14.3 Å². The van der Waals surface area contributed by atoms with Gasteiger partial charge in [-0.05, 0) is 30.3 Å². The molecular weight excluding hydrogens is 400 g/mol. The first-order chi connectivity index (χ1) is 13.5. The third-order valence-corrected chi connectivity index (χ3v) is 5.24. The molecule has 28 heavy (non-hydrogen) atoms. The van der Waals surface area contributed by atoms with E-state index in [2.05, 4.69) is 10.3 Å². The number of rotatable bonds is 7. The van der Waals surface area contributed by atoms with Crippen LogP contribution in [-0.4, -0.2) is 30.9 Å². The van der Waals surface area contributed by atoms with Gasteiger partial charge in [0.05, 0.1) is 25.7 Å². The number of aromatic nitrogens is 1. The molecule has 0 aliphatic carbocycles. The number of hydrogen-bond donors (Lipinski definition) is 2. The second-order valence-electron chi connectivity index (χ2n) is 5.96. The summed E-state index contributed by atoms with van der Waals surface area (Å²) in [5.41, 5.74) is 1.91. The Hall–Kier alpha value is -2.64. The van der Waals surface area contributed by atoms with Crippen molar-refractivity contribution in [3.05, 3.63) is 63.4 Å². The molecule has 0 saturated carbocycles. The second-order valence-corrected chi connectivity index (χ2v) is 7.38. The Morgan fingerprint density at radius 3 is 2.71 bits per heavy atom. The highest BCUT2D eigenvalue weighted by Gasteiger charge is 2.10. The number of carbonyl (C=O) groups excluding carboxylic acids is 1. The predicted molar refractivity (Wildman–Crippen MR) is 114 cm³/mol. The lowest BCUT2D eigenvalue weighted by molar-refractivity contribution is -0.113. The highest BCUT2D eigenvalue weighted by molar-refractivity contribution is 7.99. The van der Waals surface area contributed by atoms with Crippen molar-refractivity contribution in [3.63, 3.8) is 0 Å². The van der Waals surface area contributed by atoms with Crippen LogP contribution in [0, 0.1) is 0 Å². The summed E-state index contributed by atoms with van der Waals surface area (Å²) >= 11 is 7.34. The summed E-state index contributed by atoms with van der Waals surface area (Å²) < 4.78 is 10.4. The van der Waals surface area contributed by atoms with E-state index in [1.54, 1.807) is 43.5 Å². The molecule has 0 atom stereocenters. The zero-order valence-electron chi connectivity index (χ0n) is 15.4. The Bertz CT molecular complexity index is 1070. The fourth-order valence-electron chi connectivity index (χ4n) is 2.70. The number of H-pyrrole nitrogens is 1. The summed E-state index contributed by atoms with van der Waals surface area (Å²) in [5, 5.41) is 3.88. The van der Waals surface area contributed by atoms with Crippen LogP contribution in [-0.2, 0) is 10.5 Å². The molecule has 0 saturated heterocycles. The topological polar surface area (TPSA) is 80.4 Å². The Labute approximate surface area is 171 Å². The molecule has 0 unspecified atom stereocenters. The predicted octanol–water partition coefficient (Wildman–Crippen LogP) is 4.07. The van der Waals surface area contributed by atoms with E-state index in [0.29, 0.717) is 33.3 Å². The highest BCUT2D eigenvalue weighted by atomic mass is 35.5. The second kappa shape index (κ2) is 9.03. The van der Waals surface area contributed by atoms with E-state index < -0.39 is 0 Å². The van der Waals surface area contributed by atoms with E-state index in [4.69, 9.17) is 21.1 Å². The average Bonchev–Trinajstić information content (AvgIpc) is 2.68. The van der Waals surface area contributed by atoms with Crippen molar-refractivity contribution in [3.8, 4) is 11.5 Å². The van der Waals surface area contributed by atoms with E-state index in [0.717, 1.165) is 11.2 Å². The molecule has 6 nitrogen and oxygen atoms in total. The summed E-state index contributed by atoms with van der Waals surface area (Å²) in [4.78, 5) is 27.7. The smallest absolute Gasteiger partial charge is 0.234 e. The molecule has 0 aliphatic heterocycles. The lowest BCUT2D eigenvalue weighted by Crippen LogP contribution is -2.15. The standard InChI is InChI=1S/C20H19ClN2O4S/c1-26-14-4-6-19(27-2)17(9-14)23-20(25)11-28-10-13-8-18(24)15-7-12(21)3-5-16(15)22-13/h3-9H,10-11H2,1-2H3,(H,22,24)(H,23,25). The molecule has 146 valence electrons. The van der Waals surface area contributed by atoms with Gasteiger partial charge in [-0.25, -0.2) is 0 Å². The van der Waals surface area contributed by atoms with E-state index in [1.807, 2.05) is 0 Å². The minimum absolute atomic E-state index is 0.0996. The number of methoxy groups -OCH3 is 2. The number of aromatic amines is 1. The number of amides is 1. The zero-order chi connectivity index (χ0) is 20.1. The minimum Gasteiger partial charge on any atom is -0.497 e. The molecule has 1 amide bonds. The lowest BCUT2D eigenvalue weighted by atomic mass is 10.2. The number of thioether (sulfide) groups is 1. The molecule has 2 N–H and O–H groups in total. The van der Waals surface area contributed by atoms with Gasteiger partial charge < -0.3 is 19.8 Å². The molecule has 1 aromatic heterocycles. The number of fused-ring (bicyclic) bond motifs is 1. The highest BCUT2D eigenvalue weighted by Crippen LogP contribution is 2.29. The van der Waals surface area contributed by atoms with E-state index in [-0.39, 0.29) is 17.1 Å².